The molecule has 0 radical (unpaired) electrons. The van der Waals surface area contributed by atoms with Crippen LogP contribution in [0.25, 0.3) is 0 Å². The van der Waals surface area contributed by atoms with E-state index in [1.807, 2.05) is 0 Å². The van der Waals surface area contributed by atoms with E-state index in [2.05, 4.69) is 10.5 Å². The van der Waals surface area contributed by atoms with Crippen molar-refractivity contribution in [3.63, 3.8) is 0 Å². The fraction of sp³-hybridized carbons (Fsp3) is 0.412. The standard InChI is InChI=1S/C17H23N3O5/c1-12-8-16(19-25-12)18-17(22)10-20(2)9-13(21)11-24-15-6-4-14(23-3)5-7-15/h4-8,13,21H,9-11H2,1-3H3,(H,18,19,22)/t13-/m0/s1. The number of carbonyl (C=O) groups is 1. The quantitative estimate of drug-likeness (QED) is 0.704. The van der Waals surface area contributed by atoms with Crippen LogP contribution in [0.2, 0.25) is 0 Å². The van der Waals surface area contributed by atoms with E-state index in [0.717, 1.165) is 5.75 Å². The molecule has 0 spiro atoms. The zero-order valence-electron chi connectivity index (χ0n) is 14.6. The van der Waals surface area contributed by atoms with Crippen LogP contribution in [0.3, 0.4) is 0 Å². The molecular formula is C17H23N3O5. The number of aryl methyl sites for hydroxylation is 1. The number of aliphatic hydroxyl groups excluding tert-OH is 1. The fourth-order valence-electron chi connectivity index (χ4n) is 2.19. The lowest BCUT2D eigenvalue weighted by atomic mass is 10.3. The third kappa shape index (κ3) is 6.44. The van der Waals surface area contributed by atoms with Crippen LogP contribution in [-0.2, 0) is 4.79 Å². The van der Waals surface area contributed by atoms with Gasteiger partial charge in [0.15, 0.2) is 5.82 Å². The average molecular weight is 349 g/mol. The van der Waals surface area contributed by atoms with Crippen LogP contribution < -0.4 is 14.8 Å². The van der Waals surface area contributed by atoms with Gasteiger partial charge in [-0.2, -0.15) is 0 Å². The minimum absolute atomic E-state index is 0.117. The van der Waals surface area contributed by atoms with E-state index in [1.165, 1.54) is 0 Å². The van der Waals surface area contributed by atoms with Crippen LogP contribution in [-0.4, -0.2) is 61.0 Å². The minimum Gasteiger partial charge on any atom is -0.497 e. The van der Waals surface area contributed by atoms with Gasteiger partial charge in [0.25, 0.3) is 0 Å². The molecule has 1 aromatic carbocycles. The van der Waals surface area contributed by atoms with Crippen LogP contribution in [0, 0.1) is 6.92 Å². The predicted molar refractivity (Wildman–Crippen MR) is 91.9 cm³/mol. The van der Waals surface area contributed by atoms with E-state index in [1.54, 1.807) is 56.3 Å². The second kappa shape index (κ2) is 9.05. The van der Waals surface area contributed by atoms with Crippen molar-refractivity contribution < 1.29 is 23.9 Å². The summed E-state index contributed by atoms with van der Waals surface area (Å²) in [7, 11) is 3.33. The second-order valence-corrected chi connectivity index (χ2v) is 5.71. The smallest absolute Gasteiger partial charge is 0.239 e. The number of benzene rings is 1. The average Bonchev–Trinajstić information content (AvgIpc) is 2.97. The van der Waals surface area contributed by atoms with Crippen molar-refractivity contribution >= 4 is 11.7 Å². The van der Waals surface area contributed by atoms with E-state index < -0.39 is 6.10 Å². The summed E-state index contributed by atoms with van der Waals surface area (Å²) in [5.74, 6) is 2.13. The Hall–Kier alpha value is -2.58. The third-order valence-electron chi connectivity index (χ3n) is 3.33. The maximum Gasteiger partial charge on any atom is 0.239 e. The summed E-state index contributed by atoms with van der Waals surface area (Å²) in [6.45, 7) is 2.28. The highest BCUT2D eigenvalue weighted by atomic mass is 16.5. The van der Waals surface area contributed by atoms with Gasteiger partial charge in [0.1, 0.15) is 30.0 Å². The Morgan fingerprint density at radius 2 is 2.04 bits per heavy atom. The van der Waals surface area contributed by atoms with Crippen LogP contribution in [0.15, 0.2) is 34.9 Å². The molecule has 25 heavy (non-hydrogen) atoms. The Kier molecular flexibility index (Phi) is 6.79. The number of carbonyl (C=O) groups excluding carboxylic acids is 1. The van der Waals surface area contributed by atoms with Crippen molar-refractivity contribution in [2.24, 2.45) is 0 Å². The highest BCUT2D eigenvalue weighted by molar-refractivity contribution is 5.91. The molecule has 1 amide bonds. The molecule has 2 N–H and O–H groups in total. The number of rotatable bonds is 9. The number of nitrogens with zero attached hydrogens (tertiary/aromatic N) is 2. The minimum atomic E-state index is -0.728. The monoisotopic (exact) mass is 349 g/mol. The molecule has 0 aliphatic rings. The van der Waals surface area contributed by atoms with E-state index in [-0.39, 0.29) is 19.1 Å². The van der Waals surface area contributed by atoms with Gasteiger partial charge < -0.3 is 24.4 Å². The Labute approximate surface area is 146 Å². The molecule has 8 heteroatoms. The molecule has 136 valence electrons. The first-order valence-corrected chi connectivity index (χ1v) is 7.83. The van der Waals surface area contributed by atoms with Gasteiger partial charge in [-0.15, -0.1) is 0 Å². The van der Waals surface area contributed by atoms with Crippen molar-refractivity contribution in [1.82, 2.24) is 10.1 Å². The number of hydrogen-bond donors (Lipinski definition) is 2. The zero-order valence-corrected chi connectivity index (χ0v) is 14.6. The van der Waals surface area contributed by atoms with Crippen molar-refractivity contribution in [2.75, 3.05) is 39.2 Å². The Balaban J connectivity index is 1.69. The molecule has 0 aliphatic carbocycles. The normalized spacial score (nSPS) is 12.0. The maximum atomic E-state index is 11.9. The zero-order chi connectivity index (χ0) is 18.2. The first kappa shape index (κ1) is 18.8. The third-order valence-corrected chi connectivity index (χ3v) is 3.33. The molecule has 0 saturated carbocycles. The maximum absolute atomic E-state index is 11.9. The highest BCUT2D eigenvalue weighted by Crippen LogP contribution is 2.17. The van der Waals surface area contributed by atoms with Gasteiger partial charge in [-0.05, 0) is 38.2 Å². The number of methoxy groups -OCH3 is 1. The Bertz CT molecular complexity index is 671. The summed E-state index contributed by atoms with van der Waals surface area (Å²) in [6, 6.07) is 8.73. The molecule has 2 aromatic rings. The molecule has 0 bridgehead atoms. The lowest BCUT2D eigenvalue weighted by Gasteiger charge is -2.20. The van der Waals surface area contributed by atoms with Gasteiger partial charge in [-0.1, -0.05) is 5.16 Å². The molecule has 1 atom stereocenters. The van der Waals surface area contributed by atoms with Crippen molar-refractivity contribution in [2.45, 2.75) is 13.0 Å². The highest BCUT2D eigenvalue weighted by Gasteiger charge is 2.13. The number of likely N-dealkylation sites (N-methyl/N-ethyl adjacent to an activating group) is 1. The SMILES string of the molecule is COc1ccc(OC[C@@H](O)CN(C)CC(=O)Nc2cc(C)on2)cc1. The molecule has 8 nitrogen and oxygen atoms in total. The van der Waals surface area contributed by atoms with Gasteiger partial charge in [-0.25, -0.2) is 0 Å². The van der Waals surface area contributed by atoms with Crippen molar-refractivity contribution in [3.8, 4) is 11.5 Å². The van der Waals surface area contributed by atoms with E-state index in [4.69, 9.17) is 14.0 Å². The van der Waals surface area contributed by atoms with Crippen molar-refractivity contribution in [3.05, 3.63) is 36.1 Å². The number of ether oxygens (including phenoxy) is 2. The van der Waals surface area contributed by atoms with Gasteiger partial charge >= 0.3 is 0 Å². The Morgan fingerprint density at radius 3 is 2.64 bits per heavy atom. The summed E-state index contributed by atoms with van der Waals surface area (Å²) in [6.07, 6.45) is -0.728. The fourth-order valence-corrected chi connectivity index (χ4v) is 2.19. The summed E-state index contributed by atoms with van der Waals surface area (Å²) in [5, 5.41) is 16.4. The molecule has 0 fully saturated rings. The first-order chi connectivity index (χ1) is 12.0. The topological polar surface area (TPSA) is 97.1 Å². The summed E-state index contributed by atoms with van der Waals surface area (Å²) >= 11 is 0. The molecule has 0 aliphatic heterocycles. The van der Waals surface area contributed by atoms with E-state index in [0.29, 0.717) is 23.9 Å². The van der Waals surface area contributed by atoms with Gasteiger partial charge in [-0.3, -0.25) is 9.69 Å². The summed E-state index contributed by atoms with van der Waals surface area (Å²) < 4.78 is 15.5. The first-order valence-electron chi connectivity index (χ1n) is 7.83. The van der Waals surface area contributed by atoms with Gasteiger partial charge in [0.2, 0.25) is 5.91 Å². The van der Waals surface area contributed by atoms with Gasteiger partial charge in [0, 0.05) is 12.6 Å². The van der Waals surface area contributed by atoms with Crippen LogP contribution in [0.5, 0.6) is 11.5 Å². The number of hydrogen-bond acceptors (Lipinski definition) is 7. The Morgan fingerprint density at radius 1 is 1.36 bits per heavy atom. The molecule has 1 heterocycles. The molecule has 0 saturated heterocycles. The van der Waals surface area contributed by atoms with Crippen LogP contribution in [0.1, 0.15) is 5.76 Å². The second-order valence-electron chi connectivity index (χ2n) is 5.71. The lowest BCUT2D eigenvalue weighted by Crippen LogP contribution is -2.37. The number of aromatic nitrogens is 1. The van der Waals surface area contributed by atoms with Crippen LogP contribution in [0.4, 0.5) is 5.82 Å². The van der Waals surface area contributed by atoms with Crippen LogP contribution >= 0.6 is 0 Å². The number of nitrogens with one attached hydrogen (secondary N) is 1. The molecule has 2 rings (SSSR count). The predicted octanol–water partition coefficient (Wildman–Crippen LogP) is 1.30. The molecule has 1 aromatic heterocycles. The van der Waals surface area contributed by atoms with Crippen molar-refractivity contribution in [1.29, 1.82) is 0 Å². The summed E-state index contributed by atoms with van der Waals surface area (Å²) in [5.41, 5.74) is 0. The van der Waals surface area contributed by atoms with E-state index >= 15 is 0 Å². The van der Waals surface area contributed by atoms with E-state index in [9.17, 15) is 9.90 Å². The number of amides is 1. The number of aliphatic hydroxyl groups is 1. The summed E-state index contributed by atoms with van der Waals surface area (Å²) in [4.78, 5) is 13.6. The largest absolute Gasteiger partial charge is 0.497 e. The molecular weight excluding hydrogens is 326 g/mol. The molecule has 0 unspecified atom stereocenters. The number of anilines is 1. The van der Waals surface area contributed by atoms with Gasteiger partial charge in [0.05, 0.1) is 13.7 Å². The lowest BCUT2D eigenvalue weighted by molar-refractivity contribution is -0.117.